The van der Waals surface area contributed by atoms with Crippen molar-refractivity contribution in [3.63, 3.8) is 0 Å². The monoisotopic (exact) mass is 417 g/mol. The van der Waals surface area contributed by atoms with Gasteiger partial charge in [-0.3, -0.25) is 4.31 Å². The molecule has 2 N–H and O–H groups in total. The van der Waals surface area contributed by atoms with E-state index < -0.39 is 43.5 Å². The highest BCUT2D eigenvalue weighted by Crippen LogP contribution is 2.33. The number of rotatable bonds is 4. The molecule has 2 aromatic rings. The second-order valence-electron chi connectivity index (χ2n) is 5.99. The van der Waals surface area contributed by atoms with E-state index in [1.807, 2.05) is 0 Å². The van der Waals surface area contributed by atoms with Crippen LogP contribution in [0, 0.1) is 0 Å². The third-order valence-corrected chi connectivity index (χ3v) is 7.87. The van der Waals surface area contributed by atoms with Crippen molar-refractivity contribution in [3.05, 3.63) is 53.6 Å². The molecule has 0 bridgehead atoms. The second kappa shape index (κ2) is 6.73. The normalized spacial score (nSPS) is 22.2. The SMILES string of the molecule is O=S1(=O)C[C@@H](O)[C@H](N(c2cccc(O)c2)S(=O)(=O)c2ccc(Cl)cc2)C1. The Bertz CT molecular complexity index is 1020. The lowest BCUT2D eigenvalue weighted by molar-refractivity contribution is 0.184. The lowest BCUT2D eigenvalue weighted by Gasteiger charge is -2.31. The van der Waals surface area contributed by atoms with E-state index in [9.17, 15) is 27.0 Å². The Morgan fingerprint density at radius 3 is 2.27 bits per heavy atom. The number of sulfone groups is 1. The number of aromatic hydroxyl groups is 1. The van der Waals surface area contributed by atoms with E-state index in [4.69, 9.17) is 11.6 Å². The summed E-state index contributed by atoms with van der Waals surface area (Å²) in [5.74, 6) is -1.23. The Hall–Kier alpha value is -1.81. The van der Waals surface area contributed by atoms with Crippen LogP contribution in [0.4, 0.5) is 5.69 Å². The number of anilines is 1. The summed E-state index contributed by atoms with van der Waals surface area (Å²) in [6.45, 7) is 0. The zero-order chi connectivity index (χ0) is 19.1. The van der Waals surface area contributed by atoms with Crippen molar-refractivity contribution in [1.29, 1.82) is 0 Å². The average molecular weight is 418 g/mol. The average Bonchev–Trinajstić information content (AvgIpc) is 2.80. The van der Waals surface area contributed by atoms with Gasteiger partial charge in [-0.2, -0.15) is 0 Å². The fourth-order valence-corrected chi connectivity index (χ4v) is 6.55. The van der Waals surface area contributed by atoms with Crippen LogP contribution in [0.3, 0.4) is 0 Å². The van der Waals surface area contributed by atoms with Crippen LogP contribution in [-0.2, 0) is 19.9 Å². The predicted octanol–water partition coefficient (Wildman–Crippen LogP) is 1.40. The minimum atomic E-state index is -4.22. The zero-order valence-corrected chi connectivity index (χ0v) is 15.7. The predicted molar refractivity (Wildman–Crippen MR) is 97.7 cm³/mol. The molecule has 0 saturated carbocycles. The topological polar surface area (TPSA) is 112 Å². The molecule has 2 atom stereocenters. The van der Waals surface area contributed by atoms with Gasteiger partial charge in [0.05, 0.1) is 34.2 Å². The molecule has 26 heavy (non-hydrogen) atoms. The van der Waals surface area contributed by atoms with E-state index >= 15 is 0 Å². The molecule has 0 aliphatic carbocycles. The second-order valence-corrected chi connectivity index (χ2v) is 10.4. The molecule has 0 aromatic heterocycles. The first-order chi connectivity index (χ1) is 12.1. The fourth-order valence-electron chi connectivity index (χ4n) is 2.89. The molecule has 1 heterocycles. The van der Waals surface area contributed by atoms with Crippen molar-refractivity contribution >= 4 is 37.1 Å². The van der Waals surface area contributed by atoms with Crippen molar-refractivity contribution in [2.45, 2.75) is 17.0 Å². The summed E-state index contributed by atoms with van der Waals surface area (Å²) < 4.78 is 51.1. The van der Waals surface area contributed by atoms with Gasteiger partial charge in [0, 0.05) is 11.1 Å². The molecule has 0 unspecified atom stereocenters. The maximum absolute atomic E-state index is 13.2. The largest absolute Gasteiger partial charge is 0.508 e. The Labute approximate surface area is 156 Å². The van der Waals surface area contributed by atoms with Gasteiger partial charge in [0.2, 0.25) is 0 Å². The number of phenolic OH excluding ortho intramolecular Hbond substituents is 1. The molecule has 3 rings (SSSR count). The van der Waals surface area contributed by atoms with Gasteiger partial charge in [0.15, 0.2) is 9.84 Å². The highest BCUT2D eigenvalue weighted by Gasteiger charge is 2.45. The minimum absolute atomic E-state index is 0.0566. The van der Waals surface area contributed by atoms with Crippen molar-refractivity contribution in [3.8, 4) is 5.75 Å². The Balaban J connectivity index is 2.16. The summed E-state index contributed by atoms with van der Waals surface area (Å²) in [7, 11) is -7.81. The van der Waals surface area contributed by atoms with E-state index in [2.05, 4.69) is 0 Å². The Kier molecular flexibility index (Phi) is 4.91. The van der Waals surface area contributed by atoms with Gasteiger partial charge in [-0.25, -0.2) is 16.8 Å². The summed E-state index contributed by atoms with van der Waals surface area (Å²) in [6, 6.07) is 9.60. The molecule has 140 valence electrons. The highest BCUT2D eigenvalue weighted by atomic mass is 35.5. The highest BCUT2D eigenvalue weighted by molar-refractivity contribution is 7.93. The summed E-state index contributed by atoms with van der Waals surface area (Å²) in [5.41, 5.74) is 0.0566. The van der Waals surface area contributed by atoms with Crippen molar-refractivity contribution < 1.29 is 27.0 Å². The number of hydrogen-bond donors (Lipinski definition) is 2. The van der Waals surface area contributed by atoms with Crippen LogP contribution in [-0.4, -0.2) is 50.7 Å². The number of sulfonamides is 1. The van der Waals surface area contributed by atoms with Crippen LogP contribution in [0.2, 0.25) is 5.02 Å². The van der Waals surface area contributed by atoms with Crippen LogP contribution in [0.5, 0.6) is 5.75 Å². The molecule has 2 aromatic carbocycles. The quantitative estimate of drug-likeness (QED) is 0.777. The third-order valence-electron chi connectivity index (χ3n) is 4.05. The number of phenols is 1. The number of halogens is 1. The van der Waals surface area contributed by atoms with Gasteiger partial charge in [-0.1, -0.05) is 17.7 Å². The first-order valence-electron chi connectivity index (χ1n) is 7.58. The Morgan fingerprint density at radius 2 is 1.73 bits per heavy atom. The standard InChI is InChI=1S/C16H16ClNO6S2/c17-11-4-6-14(7-5-11)26(23,24)18(12-2-1-3-13(19)8-12)15-9-25(21,22)10-16(15)20/h1-8,15-16,19-20H,9-10H2/t15-,16-/m1/s1. The van der Waals surface area contributed by atoms with Gasteiger partial charge in [0.25, 0.3) is 10.0 Å². The van der Waals surface area contributed by atoms with Gasteiger partial charge in [0.1, 0.15) is 5.75 Å². The van der Waals surface area contributed by atoms with Gasteiger partial charge in [-0.05, 0) is 36.4 Å². The minimum Gasteiger partial charge on any atom is -0.508 e. The van der Waals surface area contributed by atoms with Crippen LogP contribution >= 0.6 is 11.6 Å². The number of nitrogens with zero attached hydrogens (tertiary/aromatic N) is 1. The maximum atomic E-state index is 13.2. The van der Waals surface area contributed by atoms with E-state index in [0.717, 1.165) is 4.31 Å². The molecule has 1 saturated heterocycles. The smallest absolute Gasteiger partial charge is 0.264 e. The van der Waals surface area contributed by atoms with Crippen molar-refractivity contribution in [1.82, 2.24) is 0 Å². The fraction of sp³-hybridized carbons (Fsp3) is 0.250. The maximum Gasteiger partial charge on any atom is 0.264 e. The zero-order valence-electron chi connectivity index (χ0n) is 13.4. The first-order valence-corrected chi connectivity index (χ1v) is 11.2. The summed E-state index contributed by atoms with van der Waals surface area (Å²) in [6.07, 6.45) is -1.38. The molecule has 10 heteroatoms. The Morgan fingerprint density at radius 1 is 1.08 bits per heavy atom. The van der Waals surface area contributed by atoms with E-state index in [0.29, 0.717) is 5.02 Å². The number of benzene rings is 2. The van der Waals surface area contributed by atoms with Crippen LogP contribution in [0.25, 0.3) is 0 Å². The van der Waals surface area contributed by atoms with Crippen LogP contribution in [0.15, 0.2) is 53.4 Å². The number of hydrogen-bond acceptors (Lipinski definition) is 6. The van der Waals surface area contributed by atoms with E-state index in [-0.39, 0.29) is 16.3 Å². The molecule has 0 amide bonds. The van der Waals surface area contributed by atoms with Crippen molar-refractivity contribution in [2.24, 2.45) is 0 Å². The van der Waals surface area contributed by atoms with Crippen LogP contribution in [0.1, 0.15) is 0 Å². The van der Waals surface area contributed by atoms with Crippen LogP contribution < -0.4 is 4.31 Å². The van der Waals surface area contributed by atoms with Crippen molar-refractivity contribution in [2.75, 3.05) is 15.8 Å². The van der Waals surface area contributed by atoms with Gasteiger partial charge >= 0.3 is 0 Å². The van der Waals surface area contributed by atoms with Gasteiger partial charge < -0.3 is 10.2 Å². The molecule has 1 aliphatic heterocycles. The molecule has 1 aliphatic rings. The summed E-state index contributed by atoms with van der Waals surface area (Å²) >= 11 is 5.81. The summed E-state index contributed by atoms with van der Waals surface area (Å²) in [4.78, 5) is -0.109. The molecule has 7 nitrogen and oxygen atoms in total. The lowest BCUT2D eigenvalue weighted by Crippen LogP contribution is -2.47. The third kappa shape index (κ3) is 3.66. The molecule has 0 radical (unpaired) electrons. The summed E-state index contributed by atoms with van der Waals surface area (Å²) in [5, 5.41) is 20.3. The van der Waals surface area contributed by atoms with E-state index in [1.54, 1.807) is 0 Å². The lowest BCUT2D eigenvalue weighted by atomic mass is 10.2. The van der Waals surface area contributed by atoms with E-state index in [1.165, 1.54) is 48.5 Å². The van der Waals surface area contributed by atoms with Gasteiger partial charge in [-0.15, -0.1) is 0 Å². The molecular weight excluding hydrogens is 402 g/mol. The molecule has 0 spiro atoms. The molecule has 1 fully saturated rings. The number of aliphatic hydroxyl groups is 1. The molecular formula is C16H16ClNO6S2. The number of aliphatic hydroxyl groups excluding tert-OH is 1. The first kappa shape index (κ1) is 19.0.